The van der Waals surface area contributed by atoms with Crippen LogP contribution < -0.4 is 5.32 Å². The summed E-state index contributed by atoms with van der Waals surface area (Å²) in [5.41, 5.74) is 2.22. The van der Waals surface area contributed by atoms with Gasteiger partial charge in [-0.25, -0.2) is 0 Å². The summed E-state index contributed by atoms with van der Waals surface area (Å²) in [5, 5.41) is 7.65. The van der Waals surface area contributed by atoms with Crippen molar-refractivity contribution < 1.29 is 19.1 Å². The number of ketones is 1. The van der Waals surface area contributed by atoms with Crippen LogP contribution in [0.5, 0.6) is 0 Å². The first-order valence-corrected chi connectivity index (χ1v) is 9.97. The third kappa shape index (κ3) is 4.76. The second kappa shape index (κ2) is 8.97. The van der Waals surface area contributed by atoms with Crippen molar-refractivity contribution in [2.75, 3.05) is 26.4 Å². The van der Waals surface area contributed by atoms with Gasteiger partial charge in [0, 0.05) is 50.4 Å². The maximum atomic E-state index is 12.6. The number of ether oxygens (including phenoxy) is 2. The Kier molecular flexibility index (Phi) is 6.65. The van der Waals surface area contributed by atoms with Crippen molar-refractivity contribution in [2.24, 2.45) is 11.8 Å². The molecule has 150 valence electrons. The van der Waals surface area contributed by atoms with Crippen molar-refractivity contribution in [1.82, 2.24) is 15.1 Å². The lowest BCUT2D eigenvalue weighted by Gasteiger charge is -2.39. The monoisotopic (exact) mass is 377 g/mol. The molecule has 2 atom stereocenters. The minimum Gasteiger partial charge on any atom is -0.381 e. The van der Waals surface area contributed by atoms with Crippen LogP contribution in [0, 0.1) is 25.7 Å². The molecule has 3 heterocycles. The van der Waals surface area contributed by atoms with E-state index < -0.39 is 0 Å². The molecule has 7 nitrogen and oxygen atoms in total. The van der Waals surface area contributed by atoms with Gasteiger partial charge in [0.2, 0.25) is 5.91 Å². The van der Waals surface area contributed by atoms with Gasteiger partial charge in [-0.3, -0.25) is 14.3 Å². The highest BCUT2D eigenvalue weighted by Gasteiger charge is 2.34. The zero-order valence-corrected chi connectivity index (χ0v) is 16.6. The van der Waals surface area contributed by atoms with Gasteiger partial charge >= 0.3 is 0 Å². The van der Waals surface area contributed by atoms with Crippen LogP contribution in [0.4, 0.5) is 0 Å². The van der Waals surface area contributed by atoms with Gasteiger partial charge in [-0.15, -0.1) is 0 Å². The molecule has 1 aromatic rings. The molecule has 7 heteroatoms. The molecule has 1 amide bonds. The minimum atomic E-state index is 0.0159. The van der Waals surface area contributed by atoms with Gasteiger partial charge in [-0.05, 0) is 46.0 Å². The van der Waals surface area contributed by atoms with E-state index in [9.17, 15) is 9.59 Å². The SMILES string of the molecule is CC(=O)c1c(C)nn(CCC(=O)N[C@@H]2CCOC[C@@H]2C2CCOCC2)c1C. The van der Waals surface area contributed by atoms with Crippen LogP contribution in [-0.4, -0.2) is 53.9 Å². The summed E-state index contributed by atoms with van der Waals surface area (Å²) in [7, 11) is 0. The van der Waals surface area contributed by atoms with E-state index in [0.717, 1.165) is 50.5 Å². The normalized spacial score (nSPS) is 24.0. The molecule has 1 aromatic heterocycles. The summed E-state index contributed by atoms with van der Waals surface area (Å²) < 4.78 is 12.9. The average molecular weight is 377 g/mol. The predicted octanol–water partition coefficient (Wildman–Crippen LogP) is 2.04. The van der Waals surface area contributed by atoms with Gasteiger partial charge in [0.1, 0.15) is 0 Å². The number of carbonyl (C=O) groups is 2. The second-order valence-electron chi connectivity index (χ2n) is 7.73. The van der Waals surface area contributed by atoms with Gasteiger partial charge in [-0.2, -0.15) is 5.10 Å². The molecule has 1 N–H and O–H groups in total. The molecule has 2 aliphatic heterocycles. The summed E-state index contributed by atoms with van der Waals surface area (Å²) in [4.78, 5) is 24.3. The fourth-order valence-electron chi connectivity index (χ4n) is 4.46. The summed E-state index contributed by atoms with van der Waals surface area (Å²) >= 11 is 0. The lowest BCUT2D eigenvalue weighted by Crippen LogP contribution is -2.49. The van der Waals surface area contributed by atoms with Gasteiger partial charge in [0.05, 0.1) is 17.9 Å². The number of nitrogens with one attached hydrogen (secondary N) is 1. The quantitative estimate of drug-likeness (QED) is 0.767. The van der Waals surface area contributed by atoms with Crippen molar-refractivity contribution in [3.8, 4) is 0 Å². The minimum absolute atomic E-state index is 0.0159. The molecule has 0 bridgehead atoms. The standard InChI is InChI=1S/C20H31N3O4/c1-13-20(15(3)24)14(2)23(22-13)8-4-19(25)21-18-7-11-27-12-17(18)16-5-9-26-10-6-16/h16-18H,4-12H2,1-3H3,(H,21,25)/t17-,18-/m1/s1. The topological polar surface area (TPSA) is 82.5 Å². The number of hydrogen-bond donors (Lipinski definition) is 1. The summed E-state index contributed by atoms with van der Waals surface area (Å²) in [5.74, 6) is 0.973. The van der Waals surface area contributed by atoms with Crippen LogP contribution in [0.3, 0.4) is 0 Å². The molecule has 2 saturated heterocycles. The number of amides is 1. The van der Waals surface area contributed by atoms with Crippen LogP contribution in [0.25, 0.3) is 0 Å². The Balaban J connectivity index is 1.56. The highest BCUT2D eigenvalue weighted by atomic mass is 16.5. The average Bonchev–Trinajstić information content (AvgIpc) is 2.95. The van der Waals surface area contributed by atoms with Crippen LogP contribution in [0.15, 0.2) is 0 Å². The van der Waals surface area contributed by atoms with E-state index in [2.05, 4.69) is 10.4 Å². The summed E-state index contributed by atoms with van der Waals surface area (Å²) in [6.45, 7) is 8.78. The fourth-order valence-corrected chi connectivity index (χ4v) is 4.46. The molecule has 0 unspecified atom stereocenters. The Morgan fingerprint density at radius 3 is 2.52 bits per heavy atom. The van der Waals surface area contributed by atoms with E-state index in [1.165, 1.54) is 0 Å². The first-order valence-electron chi connectivity index (χ1n) is 9.97. The summed E-state index contributed by atoms with van der Waals surface area (Å²) in [6, 6.07) is 0.169. The lowest BCUT2D eigenvalue weighted by atomic mass is 9.79. The maximum absolute atomic E-state index is 12.6. The molecule has 27 heavy (non-hydrogen) atoms. The Morgan fingerprint density at radius 2 is 1.85 bits per heavy atom. The molecule has 0 spiro atoms. The highest BCUT2D eigenvalue weighted by Crippen LogP contribution is 2.30. The van der Waals surface area contributed by atoms with Crippen molar-refractivity contribution >= 4 is 11.7 Å². The Morgan fingerprint density at radius 1 is 1.15 bits per heavy atom. The Hall–Kier alpha value is -1.73. The van der Waals surface area contributed by atoms with Gasteiger partial charge in [0.15, 0.2) is 5.78 Å². The first-order chi connectivity index (χ1) is 13.0. The zero-order chi connectivity index (χ0) is 19.4. The van der Waals surface area contributed by atoms with E-state index in [-0.39, 0.29) is 17.7 Å². The number of carbonyl (C=O) groups excluding carboxylic acids is 2. The molecule has 0 saturated carbocycles. The van der Waals surface area contributed by atoms with Crippen LogP contribution in [0.1, 0.15) is 54.4 Å². The van der Waals surface area contributed by atoms with Gasteiger partial charge in [0.25, 0.3) is 0 Å². The number of aromatic nitrogens is 2. The third-order valence-electron chi connectivity index (χ3n) is 5.90. The molecule has 2 aliphatic rings. The van der Waals surface area contributed by atoms with Crippen LogP contribution in [-0.2, 0) is 20.8 Å². The molecular formula is C20H31N3O4. The van der Waals surface area contributed by atoms with E-state index in [0.29, 0.717) is 37.0 Å². The first kappa shape index (κ1) is 20.0. The number of hydrogen-bond acceptors (Lipinski definition) is 5. The molecule has 2 fully saturated rings. The smallest absolute Gasteiger partial charge is 0.222 e. The lowest BCUT2D eigenvalue weighted by molar-refractivity contribution is -0.124. The van der Waals surface area contributed by atoms with E-state index in [4.69, 9.17) is 9.47 Å². The fraction of sp³-hybridized carbons (Fsp3) is 0.750. The number of nitrogens with zero attached hydrogens (tertiary/aromatic N) is 2. The molecule has 0 aliphatic carbocycles. The van der Waals surface area contributed by atoms with Gasteiger partial charge < -0.3 is 14.8 Å². The zero-order valence-electron chi connectivity index (χ0n) is 16.6. The second-order valence-corrected chi connectivity index (χ2v) is 7.73. The maximum Gasteiger partial charge on any atom is 0.222 e. The van der Waals surface area contributed by atoms with Crippen molar-refractivity contribution in [3.05, 3.63) is 17.0 Å². The van der Waals surface area contributed by atoms with E-state index in [1.54, 1.807) is 11.6 Å². The highest BCUT2D eigenvalue weighted by molar-refractivity contribution is 5.96. The predicted molar refractivity (Wildman–Crippen MR) is 101 cm³/mol. The third-order valence-corrected chi connectivity index (χ3v) is 5.90. The number of rotatable bonds is 6. The molecule has 3 rings (SSSR count). The molecular weight excluding hydrogens is 346 g/mol. The van der Waals surface area contributed by atoms with Gasteiger partial charge in [-0.1, -0.05) is 0 Å². The van der Waals surface area contributed by atoms with Crippen molar-refractivity contribution in [2.45, 2.75) is 59.0 Å². The van der Waals surface area contributed by atoms with Crippen molar-refractivity contribution in [3.63, 3.8) is 0 Å². The Bertz CT molecular complexity index is 679. The van der Waals surface area contributed by atoms with E-state index in [1.807, 2.05) is 13.8 Å². The molecule has 0 aromatic carbocycles. The Labute approximate surface area is 160 Å². The number of aryl methyl sites for hydroxylation is 2. The largest absolute Gasteiger partial charge is 0.381 e. The van der Waals surface area contributed by atoms with E-state index >= 15 is 0 Å². The molecule has 0 radical (unpaired) electrons. The number of Topliss-reactive ketones (excluding diaryl/α,β-unsaturated/α-hetero) is 1. The summed E-state index contributed by atoms with van der Waals surface area (Å²) in [6.07, 6.45) is 3.30. The van der Waals surface area contributed by atoms with Crippen molar-refractivity contribution in [1.29, 1.82) is 0 Å². The van der Waals surface area contributed by atoms with Crippen LogP contribution in [0.2, 0.25) is 0 Å². The van der Waals surface area contributed by atoms with Crippen LogP contribution >= 0.6 is 0 Å².